The number of nitrogens with one attached hydrogen (secondary N) is 1. The molecule has 4 aromatic carbocycles. The van der Waals surface area contributed by atoms with Crippen molar-refractivity contribution in [3.05, 3.63) is 125 Å². The van der Waals surface area contributed by atoms with E-state index in [1.807, 2.05) is 43.3 Å². The first-order chi connectivity index (χ1) is 23.2. The van der Waals surface area contributed by atoms with Crippen molar-refractivity contribution in [1.82, 2.24) is 10.2 Å². The van der Waals surface area contributed by atoms with Gasteiger partial charge in [-0.25, -0.2) is 8.42 Å². The summed E-state index contributed by atoms with van der Waals surface area (Å²) >= 11 is 6.36. The highest BCUT2D eigenvalue weighted by atomic mass is 35.5. The Balaban J connectivity index is 1.55. The minimum Gasteiger partial charge on any atom is -0.494 e. The van der Waals surface area contributed by atoms with E-state index in [2.05, 4.69) is 5.32 Å². The Bertz CT molecular complexity index is 1750. The van der Waals surface area contributed by atoms with Crippen LogP contribution in [0.1, 0.15) is 50.2 Å². The number of benzene rings is 4. The second kappa shape index (κ2) is 16.7. The fraction of sp³-hybridized carbons (Fsp3) is 0.316. The molecule has 0 saturated heterocycles. The molecule has 1 aliphatic carbocycles. The summed E-state index contributed by atoms with van der Waals surface area (Å²) in [5.74, 6) is -0.211. The minimum atomic E-state index is -4.19. The average molecular weight is 688 g/mol. The summed E-state index contributed by atoms with van der Waals surface area (Å²) in [6, 6.07) is 30.4. The Morgan fingerprint density at radius 1 is 0.854 bits per heavy atom. The number of ether oxygens (including phenoxy) is 1. The van der Waals surface area contributed by atoms with Gasteiger partial charge in [-0.3, -0.25) is 13.9 Å². The van der Waals surface area contributed by atoms with Gasteiger partial charge in [-0.15, -0.1) is 0 Å². The summed E-state index contributed by atoms with van der Waals surface area (Å²) in [6.45, 7) is 1.84. The Morgan fingerprint density at radius 3 is 2.15 bits per heavy atom. The van der Waals surface area contributed by atoms with Gasteiger partial charge in [0, 0.05) is 24.0 Å². The second-order valence-electron chi connectivity index (χ2n) is 12.0. The fourth-order valence-electron chi connectivity index (χ4n) is 6.05. The monoisotopic (exact) mass is 687 g/mol. The first kappa shape index (κ1) is 35.0. The molecule has 0 spiro atoms. The summed E-state index contributed by atoms with van der Waals surface area (Å²) in [6.07, 6.45) is 5.22. The zero-order valence-electron chi connectivity index (χ0n) is 27.1. The maximum Gasteiger partial charge on any atom is 0.264 e. The van der Waals surface area contributed by atoms with Crippen LogP contribution in [0.5, 0.6) is 5.75 Å². The first-order valence-corrected chi connectivity index (χ1v) is 18.2. The molecular formula is C38H42ClN3O5S. The molecule has 48 heavy (non-hydrogen) atoms. The Kier molecular flexibility index (Phi) is 12.1. The van der Waals surface area contributed by atoms with Crippen LogP contribution < -0.4 is 14.4 Å². The Labute approximate surface area is 288 Å². The van der Waals surface area contributed by atoms with Crippen LogP contribution in [0.3, 0.4) is 0 Å². The van der Waals surface area contributed by atoms with Crippen LogP contribution in [-0.2, 0) is 32.6 Å². The van der Waals surface area contributed by atoms with Gasteiger partial charge in [0.15, 0.2) is 0 Å². The van der Waals surface area contributed by atoms with Crippen LogP contribution >= 0.6 is 11.6 Å². The zero-order valence-corrected chi connectivity index (χ0v) is 28.7. The molecule has 8 nitrogen and oxygen atoms in total. The van der Waals surface area contributed by atoms with Gasteiger partial charge in [0.25, 0.3) is 10.0 Å². The van der Waals surface area contributed by atoms with Crippen molar-refractivity contribution in [3.8, 4) is 5.75 Å². The molecule has 1 aliphatic rings. The van der Waals surface area contributed by atoms with Gasteiger partial charge >= 0.3 is 0 Å². The number of hydrogen-bond donors (Lipinski definition) is 1. The van der Waals surface area contributed by atoms with Crippen LogP contribution in [0.25, 0.3) is 0 Å². The molecular weight excluding hydrogens is 646 g/mol. The molecule has 4 aromatic rings. The fourth-order valence-corrected chi connectivity index (χ4v) is 7.70. The van der Waals surface area contributed by atoms with Crippen molar-refractivity contribution >= 4 is 39.1 Å². The summed E-state index contributed by atoms with van der Waals surface area (Å²) in [5.41, 5.74) is 1.90. The van der Waals surface area contributed by atoms with Crippen molar-refractivity contribution in [3.63, 3.8) is 0 Å². The van der Waals surface area contributed by atoms with Gasteiger partial charge in [-0.2, -0.15) is 0 Å². The number of sulfonamides is 1. The van der Waals surface area contributed by atoms with Gasteiger partial charge in [-0.1, -0.05) is 91.5 Å². The van der Waals surface area contributed by atoms with Crippen molar-refractivity contribution < 1.29 is 22.7 Å². The quantitative estimate of drug-likeness (QED) is 0.154. The van der Waals surface area contributed by atoms with E-state index in [0.29, 0.717) is 23.1 Å². The molecule has 0 heterocycles. The first-order valence-electron chi connectivity index (χ1n) is 16.4. The third-order valence-corrected chi connectivity index (χ3v) is 10.5. The predicted molar refractivity (Wildman–Crippen MR) is 190 cm³/mol. The average Bonchev–Trinajstić information content (AvgIpc) is 3.10. The van der Waals surface area contributed by atoms with Crippen molar-refractivity contribution in [2.45, 2.75) is 69.0 Å². The third kappa shape index (κ3) is 9.17. The Hall–Kier alpha value is -4.34. The van der Waals surface area contributed by atoms with Gasteiger partial charge in [0.05, 0.1) is 17.2 Å². The van der Waals surface area contributed by atoms with Crippen molar-refractivity contribution in [2.75, 3.05) is 17.5 Å². The smallest absolute Gasteiger partial charge is 0.264 e. The molecule has 1 fully saturated rings. The SMILES string of the molecule is CCOc1ccc(N(CC(=O)N(Cc2cccc(Cl)c2)[C@H](Cc2ccccc2)C(=O)NC2CCCCC2)S(=O)(=O)c2ccccc2)cc1. The van der Waals surface area contributed by atoms with E-state index in [-0.39, 0.29) is 29.8 Å². The highest BCUT2D eigenvalue weighted by Gasteiger charge is 2.35. The number of amides is 2. The van der Waals surface area contributed by atoms with Gasteiger partial charge in [0.2, 0.25) is 11.8 Å². The lowest BCUT2D eigenvalue weighted by Gasteiger charge is -2.35. The van der Waals surface area contributed by atoms with Crippen LogP contribution in [0.2, 0.25) is 5.02 Å². The largest absolute Gasteiger partial charge is 0.494 e. The highest BCUT2D eigenvalue weighted by Crippen LogP contribution is 2.27. The van der Waals surface area contributed by atoms with Gasteiger partial charge in [-0.05, 0) is 79.4 Å². The van der Waals surface area contributed by atoms with E-state index in [1.54, 1.807) is 60.7 Å². The van der Waals surface area contributed by atoms with Gasteiger partial charge < -0.3 is 15.0 Å². The topological polar surface area (TPSA) is 96.0 Å². The zero-order chi connectivity index (χ0) is 33.9. The van der Waals surface area contributed by atoms with E-state index in [9.17, 15) is 18.0 Å². The molecule has 2 amide bonds. The summed E-state index contributed by atoms with van der Waals surface area (Å²) in [7, 11) is -4.19. The molecule has 0 aromatic heterocycles. The number of halogens is 1. The lowest BCUT2D eigenvalue weighted by molar-refractivity contribution is -0.140. The number of rotatable bonds is 14. The second-order valence-corrected chi connectivity index (χ2v) is 14.3. The van der Waals surface area contributed by atoms with E-state index in [4.69, 9.17) is 16.3 Å². The summed E-state index contributed by atoms with van der Waals surface area (Å²) < 4.78 is 35.1. The van der Waals surface area contributed by atoms with Crippen LogP contribution in [0, 0.1) is 0 Å². The maximum atomic E-state index is 14.7. The van der Waals surface area contributed by atoms with Crippen LogP contribution in [0.4, 0.5) is 5.69 Å². The molecule has 0 aliphatic heterocycles. The number of carbonyl (C=O) groups excluding carboxylic acids is 2. The lowest BCUT2D eigenvalue weighted by Crippen LogP contribution is -2.55. The number of carbonyl (C=O) groups is 2. The van der Waals surface area contributed by atoms with E-state index in [0.717, 1.165) is 47.5 Å². The number of hydrogen-bond acceptors (Lipinski definition) is 5. The number of nitrogens with zero attached hydrogens (tertiary/aromatic N) is 2. The molecule has 252 valence electrons. The van der Waals surface area contributed by atoms with E-state index in [1.165, 1.54) is 17.0 Å². The van der Waals surface area contributed by atoms with Crippen molar-refractivity contribution in [2.24, 2.45) is 0 Å². The Morgan fingerprint density at radius 2 is 1.50 bits per heavy atom. The van der Waals surface area contributed by atoms with Gasteiger partial charge in [0.1, 0.15) is 18.3 Å². The third-order valence-electron chi connectivity index (χ3n) is 8.51. The van der Waals surface area contributed by atoms with E-state index < -0.39 is 28.5 Å². The predicted octanol–water partition coefficient (Wildman–Crippen LogP) is 7.02. The summed E-state index contributed by atoms with van der Waals surface area (Å²) in [5, 5.41) is 3.72. The molecule has 1 saturated carbocycles. The normalized spacial score (nSPS) is 14.1. The minimum absolute atomic E-state index is 0.0199. The number of anilines is 1. The summed E-state index contributed by atoms with van der Waals surface area (Å²) in [4.78, 5) is 30.4. The highest BCUT2D eigenvalue weighted by molar-refractivity contribution is 7.92. The molecule has 0 unspecified atom stereocenters. The molecule has 1 N–H and O–H groups in total. The van der Waals surface area contributed by atoms with Crippen LogP contribution in [-0.4, -0.2) is 50.4 Å². The van der Waals surface area contributed by atoms with Crippen molar-refractivity contribution in [1.29, 1.82) is 0 Å². The molecule has 0 bridgehead atoms. The molecule has 1 atom stereocenters. The molecule has 5 rings (SSSR count). The molecule has 10 heteroatoms. The standard InChI is InChI=1S/C38H42ClN3O5S/c1-2-47-34-23-21-33(22-24-34)42(48(45,46)35-19-10-5-11-20-35)28-37(43)41(27-30-15-12-16-31(39)25-30)36(26-29-13-6-3-7-14-29)38(44)40-32-17-8-4-9-18-32/h3,5-7,10-16,19-25,32,36H,2,4,8-9,17-18,26-28H2,1H3,(H,40,44)/t36-/m1/s1. The molecule has 0 radical (unpaired) electrons. The van der Waals surface area contributed by atoms with Crippen LogP contribution in [0.15, 0.2) is 114 Å². The maximum absolute atomic E-state index is 14.7. The lowest BCUT2D eigenvalue weighted by atomic mass is 9.94. The van der Waals surface area contributed by atoms with E-state index >= 15 is 0 Å².